The standard InChI is InChI=1S/C36H46O2S/c1-7-9-13-21-35(3,4)27-18-19-29-26(23-27)24-30(36(5,6)22-14-10-8-2)32(38)34(29)39-33-28-16-12-11-15-25(28)17-20-31(33)37/h11-12,15-20,23-24,37-38H,7-10,13-14,21-22H2,1-6H3. The molecule has 2 nitrogen and oxygen atoms in total. The van der Waals surface area contributed by atoms with Gasteiger partial charge in [0.1, 0.15) is 11.5 Å². The van der Waals surface area contributed by atoms with E-state index in [1.54, 1.807) is 6.07 Å². The molecule has 3 heteroatoms. The Morgan fingerprint density at radius 2 is 1.28 bits per heavy atom. The fourth-order valence-corrected chi connectivity index (χ4v) is 6.93. The Kier molecular flexibility index (Phi) is 9.21. The molecule has 0 aliphatic rings. The molecule has 4 rings (SSSR count). The van der Waals surface area contributed by atoms with Crippen LogP contribution < -0.4 is 0 Å². The lowest BCUT2D eigenvalue weighted by molar-refractivity contribution is 0.402. The Hall–Kier alpha value is -2.65. The summed E-state index contributed by atoms with van der Waals surface area (Å²) < 4.78 is 0. The lowest BCUT2D eigenvalue weighted by Crippen LogP contribution is -2.18. The lowest BCUT2D eigenvalue weighted by Gasteiger charge is -2.29. The first-order valence-electron chi connectivity index (χ1n) is 14.8. The van der Waals surface area contributed by atoms with Crippen LogP contribution in [-0.4, -0.2) is 10.2 Å². The van der Waals surface area contributed by atoms with Gasteiger partial charge < -0.3 is 10.2 Å². The maximum absolute atomic E-state index is 11.9. The van der Waals surface area contributed by atoms with E-state index in [9.17, 15) is 10.2 Å². The normalized spacial score (nSPS) is 12.5. The van der Waals surface area contributed by atoms with Crippen LogP contribution in [0.1, 0.15) is 104 Å². The highest BCUT2D eigenvalue weighted by atomic mass is 32.2. The zero-order valence-electron chi connectivity index (χ0n) is 24.7. The third-order valence-corrected chi connectivity index (χ3v) is 9.70. The monoisotopic (exact) mass is 542 g/mol. The first-order chi connectivity index (χ1) is 18.6. The van der Waals surface area contributed by atoms with Gasteiger partial charge in [0.2, 0.25) is 0 Å². The topological polar surface area (TPSA) is 40.5 Å². The Labute approximate surface area is 239 Å². The molecule has 0 unspecified atom stereocenters. The second-order valence-corrected chi connectivity index (χ2v) is 13.5. The van der Waals surface area contributed by atoms with E-state index in [1.807, 2.05) is 24.3 Å². The van der Waals surface area contributed by atoms with Crippen molar-refractivity contribution in [2.45, 2.75) is 114 Å². The van der Waals surface area contributed by atoms with Gasteiger partial charge in [-0.25, -0.2) is 0 Å². The number of phenolic OH excluding ortho intramolecular Hbond substituents is 2. The number of benzene rings is 4. The molecule has 4 aromatic carbocycles. The summed E-state index contributed by atoms with van der Waals surface area (Å²) in [6.45, 7) is 13.7. The van der Waals surface area contributed by atoms with Gasteiger partial charge >= 0.3 is 0 Å². The van der Waals surface area contributed by atoms with Gasteiger partial charge in [-0.1, -0.05) is 140 Å². The molecule has 0 amide bonds. The lowest BCUT2D eigenvalue weighted by atomic mass is 9.77. The molecule has 0 bridgehead atoms. The predicted molar refractivity (Wildman–Crippen MR) is 170 cm³/mol. The van der Waals surface area contributed by atoms with Crippen molar-refractivity contribution in [2.75, 3.05) is 0 Å². The molecule has 0 aliphatic heterocycles. The van der Waals surface area contributed by atoms with Crippen LogP contribution in [0.15, 0.2) is 70.5 Å². The van der Waals surface area contributed by atoms with Crippen molar-refractivity contribution in [3.05, 3.63) is 71.8 Å². The Morgan fingerprint density at radius 1 is 0.641 bits per heavy atom. The van der Waals surface area contributed by atoms with Gasteiger partial charge in [-0.05, 0) is 62.9 Å². The molecule has 0 fully saturated rings. The summed E-state index contributed by atoms with van der Waals surface area (Å²) in [4.78, 5) is 1.61. The number of hydrogen-bond acceptors (Lipinski definition) is 3. The van der Waals surface area contributed by atoms with E-state index in [0.29, 0.717) is 5.75 Å². The Bertz CT molecular complexity index is 1430. The van der Waals surface area contributed by atoms with Crippen LogP contribution in [0.3, 0.4) is 0 Å². The number of hydrogen-bond donors (Lipinski definition) is 2. The molecule has 2 N–H and O–H groups in total. The van der Waals surface area contributed by atoms with Gasteiger partial charge in [0, 0.05) is 5.56 Å². The van der Waals surface area contributed by atoms with Gasteiger partial charge in [0.15, 0.2) is 0 Å². The number of rotatable bonds is 12. The minimum atomic E-state index is -0.170. The molecule has 0 saturated heterocycles. The van der Waals surface area contributed by atoms with Crippen molar-refractivity contribution in [1.29, 1.82) is 0 Å². The van der Waals surface area contributed by atoms with E-state index >= 15 is 0 Å². The molecule has 39 heavy (non-hydrogen) atoms. The third-order valence-electron chi connectivity index (χ3n) is 8.45. The van der Waals surface area contributed by atoms with Gasteiger partial charge in [-0.15, -0.1) is 0 Å². The van der Waals surface area contributed by atoms with E-state index in [0.717, 1.165) is 56.2 Å². The van der Waals surface area contributed by atoms with Gasteiger partial charge in [-0.3, -0.25) is 0 Å². The average Bonchev–Trinajstić information content (AvgIpc) is 2.91. The summed E-state index contributed by atoms with van der Waals surface area (Å²) in [6, 6.07) is 20.9. The smallest absolute Gasteiger partial charge is 0.133 e. The van der Waals surface area contributed by atoms with E-state index in [2.05, 4.69) is 71.9 Å². The summed E-state index contributed by atoms with van der Waals surface area (Å²) in [5.74, 6) is 0.587. The quantitative estimate of drug-likeness (QED) is 0.175. The summed E-state index contributed by atoms with van der Waals surface area (Å²) >= 11 is 1.49. The highest BCUT2D eigenvalue weighted by molar-refractivity contribution is 8.00. The average molecular weight is 543 g/mol. The fraction of sp³-hybridized carbons (Fsp3) is 0.444. The van der Waals surface area contributed by atoms with Crippen LogP contribution in [0.25, 0.3) is 21.5 Å². The second-order valence-electron chi connectivity index (χ2n) is 12.5. The van der Waals surface area contributed by atoms with Crippen LogP contribution in [-0.2, 0) is 10.8 Å². The zero-order valence-corrected chi connectivity index (χ0v) is 25.5. The van der Waals surface area contributed by atoms with Crippen LogP contribution in [0.4, 0.5) is 0 Å². The van der Waals surface area contributed by atoms with Crippen LogP contribution in [0.5, 0.6) is 11.5 Å². The van der Waals surface area contributed by atoms with Gasteiger partial charge in [0.25, 0.3) is 0 Å². The van der Waals surface area contributed by atoms with Crippen LogP contribution in [0, 0.1) is 0 Å². The van der Waals surface area contributed by atoms with Crippen molar-refractivity contribution < 1.29 is 10.2 Å². The number of unbranched alkanes of at least 4 members (excludes halogenated alkanes) is 4. The first-order valence-corrected chi connectivity index (χ1v) is 15.6. The van der Waals surface area contributed by atoms with E-state index < -0.39 is 0 Å². The number of phenols is 2. The van der Waals surface area contributed by atoms with Crippen LogP contribution in [0.2, 0.25) is 0 Å². The molecule has 0 spiro atoms. The molecule has 0 heterocycles. The minimum absolute atomic E-state index is 0.0826. The van der Waals surface area contributed by atoms with Crippen molar-refractivity contribution >= 4 is 33.3 Å². The molecule has 208 valence electrons. The number of fused-ring (bicyclic) bond motifs is 2. The molecular weight excluding hydrogens is 496 g/mol. The maximum Gasteiger partial charge on any atom is 0.133 e. The van der Waals surface area contributed by atoms with E-state index in [1.165, 1.54) is 49.4 Å². The fourth-order valence-electron chi connectivity index (χ4n) is 5.76. The Morgan fingerprint density at radius 3 is 1.97 bits per heavy atom. The summed E-state index contributed by atoms with van der Waals surface area (Å²) in [5, 5.41) is 27.1. The minimum Gasteiger partial charge on any atom is -0.507 e. The zero-order chi connectivity index (χ0) is 28.2. The predicted octanol–water partition coefficient (Wildman–Crippen LogP) is 11.3. The van der Waals surface area contributed by atoms with E-state index in [4.69, 9.17) is 0 Å². The molecule has 4 aromatic rings. The summed E-state index contributed by atoms with van der Waals surface area (Å²) in [5.41, 5.74) is 2.25. The SMILES string of the molecule is CCCCCC(C)(C)c1ccc2c(Sc3c(O)ccc4ccccc34)c(O)c(C(C)(C)CCCCC)cc2c1. The summed E-state index contributed by atoms with van der Waals surface area (Å²) in [7, 11) is 0. The number of aromatic hydroxyl groups is 2. The second kappa shape index (κ2) is 12.3. The molecule has 0 aliphatic carbocycles. The highest BCUT2D eigenvalue weighted by Crippen LogP contribution is 2.50. The van der Waals surface area contributed by atoms with Crippen molar-refractivity contribution in [2.24, 2.45) is 0 Å². The molecule has 0 aromatic heterocycles. The van der Waals surface area contributed by atoms with Gasteiger partial charge in [-0.2, -0.15) is 0 Å². The highest BCUT2D eigenvalue weighted by Gasteiger charge is 2.28. The molecule has 0 atom stereocenters. The van der Waals surface area contributed by atoms with Crippen molar-refractivity contribution in [3.63, 3.8) is 0 Å². The van der Waals surface area contributed by atoms with Crippen molar-refractivity contribution in [1.82, 2.24) is 0 Å². The maximum atomic E-state index is 11.9. The van der Waals surface area contributed by atoms with E-state index in [-0.39, 0.29) is 16.6 Å². The Balaban J connectivity index is 1.89. The van der Waals surface area contributed by atoms with Crippen LogP contribution >= 0.6 is 11.8 Å². The molecular formula is C36H46O2S. The van der Waals surface area contributed by atoms with Gasteiger partial charge in [0.05, 0.1) is 9.79 Å². The largest absolute Gasteiger partial charge is 0.507 e. The van der Waals surface area contributed by atoms with Crippen molar-refractivity contribution in [3.8, 4) is 11.5 Å². The molecule has 0 saturated carbocycles. The summed E-state index contributed by atoms with van der Waals surface area (Å²) in [6.07, 6.45) is 9.40. The first kappa shape index (κ1) is 29.3. The molecule has 0 radical (unpaired) electrons. The third kappa shape index (κ3) is 6.40.